The predicted octanol–water partition coefficient (Wildman–Crippen LogP) is 5.40. The monoisotopic (exact) mass is 395 g/mol. The van der Waals surface area contributed by atoms with Crippen molar-refractivity contribution >= 4 is 27.5 Å². The van der Waals surface area contributed by atoms with E-state index in [1.54, 1.807) is 32.1 Å². The first-order chi connectivity index (χ1) is 13.8. The van der Waals surface area contributed by atoms with Crippen molar-refractivity contribution in [3.8, 4) is 5.69 Å². The maximum Gasteiger partial charge on any atom is 0.416 e. The van der Waals surface area contributed by atoms with Crippen LogP contribution in [0.2, 0.25) is 0 Å². The standard InChI is InChI=1S/C23H20F3N3/c1-27-22-16-8-4-6-10-18(16)29(19-11-7-5-9-17(19)22)20-13-12-15(23(24,25)26)14-21(20)28(2)3/h4-14H,1-3H3. The van der Waals surface area contributed by atoms with E-state index in [1.807, 2.05) is 53.1 Å². The summed E-state index contributed by atoms with van der Waals surface area (Å²) in [6.07, 6.45) is -4.40. The number of hydrogen-bond acceptors (Lipinski definition) is 2. The first kappa shape index (κ1) is 19.1. The maximum absolute atomic E-state index is 13.3. The van der Waals surface area contributed by atoms with Crippen LogP contribution in [-0.4, -0.2) is 25.7 Å². The first-order valence-electron chi connectivity index (χ1n) is 9.17. The fourth-order valence-electron chi connectivity index (χ4n) is 3.76. The molecule has 6 heteroatoms. The lowest BCUT2D eigenvalue weighted by atomic mass is 10.1. The summed E-state index contributed by atoms with van der Waals surface area (Å²) in [5.41, 5.74) is 2.27. The largest absolute Gasteiger partial charge is 0.416 e. The van der Waals surface area contributed by atoms with E-state index in [0.717, 1.165) is 33.2 Å². The van der Waals surface area contributed by atoms with Crippen LogP contribution in [0.3, 0.4) is 0 Å². The van der Waals surface area contributed by atoms with E-state index in [9.17, 15) is 13.2 Å². The fourth-order valence-corrected chi connectivity index (χ4v) is 3.76. The quantitative estimate of drug-likeness (QED) is 0.416. The highest BCUT2D eigenvalue weighted by molar-refractivity contribution is 5.96. The maximum atomic E-state index is 13.3. The Morgan fingerprint density at radius 3 is 1.86 bits per heavy atom. The fraction of sp³-hybridized carbons (Fsp3) is 0.174. The molecule has 0 bridgehead atoms. The van der Waals surface area contributed by atoms with Crippen LogP contribution in [0.5, 0.6) is 0 Å². The lowest BCUT2D eigenvalue weighted by molar-refractivity contribution is -0.137. The van der Waals surface area contributed by atoms with Gasteiger partial charge in [-0.15, -0.1) is 0 Å². The first-order valence-corrected chi connectivity index (χ1v) is 9.17. The van der Waals surface area contributed by atoms with Crippen molar-refractivity contribution in [2.24, 2.45) is 4.99 Å². The minimum Gasteiger partial charge on any atom is -0.376 e. The molecule has 1 heterocycles. The Morgan fingerprint density at radius 2 is 1.38 bits per heavy atom. The number of benzene rings is 3. The summed E-state index contributed by atoms with van der Waals surface area (Å²) in [4.78, 5) is 6.20. The van der Waals surface area contributed by atoms with Crippen molar-refractivity contribution < 1.29 is 13.2 Å². The molecule has 0 N–H and O–H groups in total. The molecule has 0 aliphatic rings. The molecule has 4 rings (SSSR count). The summed E-state index contributed by atoms with van der Waals surface area (Å²) >= 11 is 0. The molecule has 4 aromatic rings. The van der Waals surface area contributed by atoms with Gasteiger partial charge in [0.2, 0.25) is 0 Å². The lowest BCUT2D eigenvalue weighted by Gasteiger charge is -2.24. The van der Waals surface area contributed by atoms with Crippen molar-refractivity contribution in [2.45, 2.75) is 6.18 Å². The second kappa shape index (κ2) is 6.95. The van der Waals surface area contributed by atoms with E-state index in [-0.39, 0.29) is 0 Å². The van der Waals surface area contributed by atoms with Crippen LogP contribution in [0, 0.1) is 0 Å². The highest BCUT2D eigenvalue weighted by Crippen LogP contribution is 2.36. The van der Waals surface area contributed by atoms with Crippen molar-refractivity contribution in [3.63, 3.8) is 0 Å². The molecule has 29 heavy (non-hydrogen) atoms. The van der Waals surface area contributed by atoms with E-state index < -0.39 is 11.7 Å². The molecule has 1 aromatic heterocycles. The van der Waals surface area contributed by atoms with Gasteiger partial charge in [0.15, 0.2) is 0 Å². The third kappa shape index (κ3) is 3.14. The number of anilines is 1. The predicted molar refractivity (Wildman–Crippen MR) is 112 cm³/mol. The summed E-state index contributed by atoms with van der Waals surface area (Å²) < 4.78 is 42.0. The molecule has 0 aliphatic carbocycles. The molecule has 148 valence electrons. The average molecular weight is 395 g/mol. The number of rotatable bonds is 2. The highest BCUT2D eigenvalue weighted by Gasteiger charge is 2.31. The zero-order chi connectivity index (χ0) is 20.8. The van der Waals surface area contributed by atoms with Crippen molar-refractivity contribution in [1.82, 2.24) is 4.57 Å². The third-order valence-corrected chi connectivity index (χ3v) is 5.05. The molecular formula is C23H20F3N3. The van der Waals surface area contributed by atoms with Gasteiger partial charge in [0.25, 0.3) is 0 Å². The van der Waals surface area contributed by atoms with Gasteiger partial charge in [0, 0.05) is 31.9 Å². The van der Waals surface area contributed by atoms with Gasteiger partial charge in [-0.05, 0) is 30.3 Å². The van der Waals surface area contributed by atoms with E-state index in [1.165, 1.54) is 6.07 Å². The smallest absolute Gasteiger partial charge is 0.376 e. The number of nitrogens with zero attached hydrogens (tertiary/aromatic N) is 3. The molecule has 0 aliphatic heterocycles. The van der Waals surface area contributed by atoms with Gasteiger partial charge < -0.3 is 9.47 Å². The van der Waals surface area contributed by atoms with E-state index >= 15 is 0 Å². The molecule has 0 saturated carbocycles. The molecular weight excluding hydrogens is 375 g/mol. The highest BCUT2D eigenvalue weighted by atomic mass is 19.4. The topological polar surface area (TPSA) is 20.5 Å². The van der Waals surface area contributed by atoms with Gasteiger partial charge in [-0.25, -0.2) is 0 Å². The Morgan fingerprint density at radius 1 is 0.828 bits per heavy atom. The van der Waals surface area contributed by atoms with Crippen LogP contribution in [0.4, 0.5) is 18.9 Å². The Hall–Kier alpha value is -3.28. The molecule has 0 unspecified atom stereocenters. The zero-order valence-corrected chi connectivity index (χ0v) is 16.3. The summed E-state index contributed by atoms with van der Waals surface area (Å²) in [7, 11) is 5.25. The van der Waals surface area contributed by atoms with E-state index in [0.29, 0.717) is 11.4 Å². The summed E-state index contributed by atoms with van der Waals surface area (Å²) in [6, 6.07) is 19.5. The van der Waals surface area contributed by atoms with Crippen molar-refractivity contribution in [1.29, 1.82) is 0 Å². The SMILES string of the molecule is CN=c1c2ccccc2n(-c2ccc(C(F)(F)F)cc2N(C)C)c2ccccc12. The van der Waals surface area contributed by atoms with Gasteiger partial charge in [0.05, 0.1) is 33.3 Å². The number of halogens is 3. The molecule has 0 amide bonds. The second-order valence-corrected chi connectivity index (χ2v) is 7.04. The molecule has 3 aromatic carbocycles. The van der Waals surface area contributed by atoms with Crippen LogP contribution >= 0.6 is 0 Å². The molecule has 0 radical (unpaired) electrons. The van der Waals surface area contributed by atoms with Crippen LogP contribution in [0.15, 0.2) is 71.7 Å². The summed E-state index contributed by atoms with van der Waals surface area (Å²) in [6.45, 7) is 0. The average Bonchev–Trinajstić information content (AvgIpc) is 2.70. The van der Waals surface area contributed by atoms with Gasteiger partial charge >= 0.3 is 6.18 Å². The van der Waals surface area contributed by atoms with E-state index in [2.05, 4.69) is 4.99 Å². The van der Waals surface area contributed by atoms with Crippen LogP contribution in [0.1, 0.15) is 5.56 Å². The van der Waals surface area contributed by atoms with Gasteiger partial charge in [-0.1, -0.05) is 36.4 Å². The van der Waals surface area contributed by atoms with Gasteiger partial charge in [0.1, 0.15) is 0 Å². The Kier molecular flexibility index (Phi) is 4.57. The Labute approximate surface area is 166 Å². The number of para-hydroxylation sites is 2. The van der Waals surface area contributed by atoms with Crippen molar-refractivity contribution in [2.75, 3.05) is 26.0 Å². The van der Waals surface area contributed by atoms with Gasteiger partial charge in [-0.3, -0.25) is 4.99 Å². The van der Waals surface area contributed by atoms with Crippen LogP contribution in [-0.2, 0) is 6.18 Å². The lowest BCUT2D eigenvalue weighted by Crippen LogP contribution is -2.17. The molecule has 0 fully saturated rings. The second-order valence-electron chi connectivity index (χ2n) is 7.04. The Bertz CT molecular complexity index is 1220. The van der Waals surface area contributed by atoms with Gasteiger partial charge in [-0.2, -0.15) is 13.2 Å². The summed E-state index contributed by atoms with van der Waals surface area (Å²) in [5.74, 6) is 0. The third-order valence-electron chi connectivity index (χ3n) is 5.05. The minimum atomic E-state index is -4.40. The number of fused-ring (bicyclic) bond motifs is 2. The minimum absolute atomic E-state index is 0.487. The van der Waals surface area contributed by atoms with Crippen LogP contribution in [0.25, 0.3) is 27.5 Å². The molecule has 0 atom stereocenters. The normalized spacial score (nSPS) is 11.8. The number of hydrogen-bond donors (Lipinski definition) is 0. The molecule has 3 nitrogen and oxygen atoms in total. The zero-order valence-electron chi connectivity index (χ0n) is 16.3. The van der Waals surface area contributed by atoms with Crippen LogP contribution < -0.4 is 10.3 Å². The number of aromatic nitrogens is 1. The molecule has 0 saturated heterocycles. The van der Waals surface area contributed by atoms with E-state index in [4.69, 9.17) is 0 Å². The number of pyridine rings is 1. The van der Waals surface area contributed by atoms with Crippen molar-refractivity contribution in [3.05, 3.63) is 77.7 Å². The molecule has 0 spiro atoms. The number of alkyl halides is 3. The summed E-state index contributed by atoms with van der Waals surface area (Å²) in [5, 5.41) is 2.75. The Balaban J connectivity index is 2.20.